The minimum absolute atomic E-state index is 0.0489. The summed E-state index contributed by atoms with van der Waals surface area (Å²) >= 11 is 0. The molecule has 0 unspecified atom stereocenters. The molecule has 1 saturated heterocycles. The molecule has 2 aromatic rings. The summed E-state index contributed by atoms with van der Waals surface area (Å²) in [4.78, 5) is 11.3. The Labute approximate surface area is 138 Å². The summed E-state index contributed by atoms with van der Waals surface area (Å²) in [7, 11) is 0. The zero-order valence-electron chi connectivity index (χ0n) is 13.5. The summed E-state index contributed by atoms with van der Waals surface area (Å²) in [5, 5.41) is 2.65. The number of hydrazine groups is 1. The molecular weight excluding hydrogens is 317 g/mol. The lowest BCUT2D eigenvalue weighted by atomic mass is 9.96. The van der Waals surface area contributed by atoms with E-state index in [-0.39, 0.29) is 24.4 Å². The predicted octanol–water partition coefficient (Wildman–Crippen LogP) is 4.30. The number of amides is 1. The number of fused-ring (bicyclic) bond motifs is 1. The number of carbonyl (C=O) groups excluding carboxylic acids is 1. The quantitative estimate of drug-likeness (QED) is 0.906. The van der Waals surface area contributed by atoms with Crippen molar-refractivity contribution in [2.45, 2.75) is 38.4 Å². The third-order valence-electron chi connectivity index (χ3n) is 4.34. The van der Waals surface area contributed by atoms with Crippen LogP contribution in [0.15, 0.2) is 36.4 Å². The van der Waals surface area contributed by atoms with E-state index >= 15 is 0 Å². The van der Waals surface area contributed by atoms with Gasteiger partial charge in [0.1, 0.15) is 6.04 Å². The minimum atomic E-state index is -4.47. The fraction of sp³-hybridized carbons (Fsp3) is 0.389. The van der Waals surface area contributed by atoms with Crippen LogP contribution in [-0.4, -0.2) is 23.6 Å². The molecule has 0 aromatic heterocycles. The van der Waals surface area contributed by atoms with Gasteiger partial charge in [-0.1, -0.05) is 44.2 Å². The van der Waals surface area contributed by atoms with Gasteiger partial charge in [-0.2, -0.15) is 13.2 Å². The van der Waals surface area contributed by atoms with E-state index in [9.17, 15) is 18.0 Å². The molecule has 1 aliphatic heterocycles. The van der Waals surface area contributed by atoms with E-state index in [2.05, 4.69) is 19.3 Å². The summed E-state index contributed by atoms with van der Waals surface area (Å²) in [6.07, 6.45) is -4.39. The number of hydrogen-bond acceptors (Lipinski definition) is 2. The number of rotatable bonds is 3. The van der Waals surface area contributed by atoms with Crippen LogP contribution in [0.3, 0.4) is 0 Å². The SMILES string of the molecule is CC(C)c1ccc2cc([C@H](N3CCC(=O)N3)C(F)(F)F)ccc2c1. The summed E-state index contributed by atoms with van der Waals surface area (Å²) in [5.41, 5.74) is 3.59. The largest absolute Gasteiger partial charge is 0.409 e. The maximum atomic E-state index is 13.6. The molecule has 1 N–H and O–H groups in total. The van der Waals surface area contributed by atoms with Gasteiger partial charge in [-0.05, 0) is 33.9 Å². The van der Waals surface area contributed by atoms with Crippen LogP contribution in [0.4, 0.5) is 13.2 Å². The fourth-order valence-electron chi connectivity index (χ4n) is 3.05. The molecule has 0 radical (unpaired) electrons. The van der Waals surface area contributed by atoms with Gasteiger partial charge in [0, 0.05) is 13.0 Å². The van der Waals surface area contributed by atoms with Crippen LogP contribution in [0.25, 0.3) is 10.8 Å². The number of alkyl halides is 3. The molecule has 3 nitrogen and oxygen atoms in total. The maximum absolute atomic E-state index is 13.6. The lowest BCUT2D eigenvalue weighted by Crippen LogP contribution is -2.43. The summed E-state index contributed by atoms with van der Waals surface area (Å²) in [5.74, 6) is -0.0246. The molecule has 2 aromatic carbocycles. The zero-order valence-corrected chi connectivity index (χ0v) is 13.5. The highest BCUT2D eigenvalue weighted by atomic mass is 19.4. The Morgan fingerprint density at radius 1 is 1.04 bits per heavy atom. The summed E-state index contributed by atoms with van der Waals surface area (Å²) in [6.45, 7) is 4.20. The highest BCUT2D eigenvalue weighted by Gasteiger charge is 2.46. The molecule has 128 valence electrons. The normalized spacial score (nSPS) is 17.5. The number of benzene rings is 2. The van der Waals surface area contributed by atoms with Gasteiger partial charge in [-0.25, -0.2) is 5.01 Å². The topological polar surface area (TPSA) is 32.3 Å². The first-order chi connectivity index (χ1) is 11.3. The van der Waals surface area contributed by atoms with Crippen molar-refractivity contribution < 1.29 is 18.0 Å². The number of halogens is 3. The van der Waals surface area contributed by atoms with Gasteiger partial charge in [0.25, 0.3) is 0 Å². The Balaban J connectivity index is 2.01. The molecule has 0 saturated carbocycles. The molecular formula is C18H19F3N2O. The van der Waals surface area contributed by atoms with E-state index in [0.29, 0.717) is 5.92 Å². The smallest absolute Gasteiger partial charge is 0.288 e. The number of carbonyl (C=O) groups is 1. The van der Waals surface area contributed by atoms with Gasteiger partial charge in [0.15, 0.2) is 0 Å². The Morgan fingerprint density at radius 3 is 2.12 bits per heavy atom. The van der Waals surface area contributed by atoms with E-state index < -0.39 is 12.2 Å². The second-order valence-electron chi connectivity index (χ2n) is 6.44. The first-order valence-corrected chi connectivity index (χ1v) is 7.92. The third kappa shape index (κ3) is 3.24. The molecule has 1 atom stereocenters. The molecule has 0 aliphatic carbocycles. The molecule has 0 bridgehead atoms. The van der Waals surface area contributed by atoms with Crippen LogP contribution >= 0.6 is 0 Å². The molecule has 1 heterocycles. The average Bonchev–Trinajstić information content (AvgIpc) is 2.91. The van der Waals surface area contributed by atoms with E-state index in [1.54, 1.807) is 12.1 Å². The monoisotopic (exact) mass is 336 g/mol. The van der Waals surface area contributed by atoms with Crippen LogP contribution in [-0.2, 0) is 4.79 Å². The highest BCUT2D eigenvalue weighted by molar-refractivity contribution is 5.84. The maximum Gasteiger partial charge on any atom is 0.409 e. The third-order valence-corrected chi connectivity index (χ3v) is 4.34. The predicted molar refractivity (Wildman–Crippen MR) is 86.3 cm³/mol. The number of hydrogen-bond donors (Lipinski definition) is 1. The van der Waals surface area contributed by atoms with Gasteiger partial charge >= 0.3 is 6.18 Å². The van der Waals surface area contributed by atoms with Gasteiger partial charge in [-0.3, -0.25) is 10.2 Å². The molecule has 1 aliphatic rings. The lowest BCUT2D eigenvalue weighted by Gasteiger charge is -2.29. The van der Waals surface area contributed by atoms with E-state index in [4.69, 9.17) is 0 Å². The highest BCUT2D eigenvalue weighted by Crippen LogP contribution is 2.39. The second kappa shape index (κ2) is 6.09. The Bertz CT molecular complexity index is 770. The van der Waals surface area contributed by atoms with Crippen molar-refractivity contribution in [3.8, 4) is 0 Å². The first-order valence-electron chi connectivity index (χ1n) is 7.92. The summed E-state index contributed by atoms with van der Waals surface area (Å²) in [6, 6.07) is 8.73. The first kappa shape index (κ1) is 16.8. The van der Waals surface area contributed by atoms with E-state index in [0.717, 1.165) is 21.3 Å². The molecule has 0 spiro atoms. The lowest BCUT2D eigenvalue weighted by molar-refractivity contribution is -0.191. The second-order valence-corrected chi connectivity index (χ2v) is 6.44. The van der Waals surface area contributed by atoms with Crippen LogP contribution in [0.1, 0.15) is 43.4 Å². The van der Waals surface area contributed by atoms with Gasteiger partial charge < -0.3 is 0 Å². The van der Waals surface area contributed by atoms with Gasteiger partial charge in [0.2, 0.25) is 5.91 Å². The van der Waals surface area contributed by atoms with Crippen molar-refractivity contribution in [1.29, 1.82) is 0 Å². The molecule has 6 heteroatoms. The number of nitrogens with zero attached hydrogens (tertiary/aromatic N) is 1. The van der Waals surface area contributed by atoms with Crippen LogP contribution < -0.4 is 5.43 Å². The van der Waals surface area contributed by atoms with Crippen molar-refractivity contribution in [2.75, 3.05) is 6.54 Å². The van der Waals surface area contributed by atoms with Gasteiger partial charge in [0.05, 0.1) is 0 Å². The van der Waals surface area contributed by atoms with Crippen molar-refractivity contribution in [2.24, 2.45) is 0 Å². The fourth-order valence-corrected chi connectivity index (χ4v) is 3.05. The van der Waals surface area contributed by atoms with Crippen molar-refractivity contribution >= 4 is 16.7 Å². The standard InChI is InChI=1S/C18H19F3N2O/c1-11(2)12-3-4-14-10-15(6-5-13(14)9-12)17(18(19,20)21)23-8-7-16(24)22-23/h3-6,9-11,17H,7-8H2,1-2H3,(H,22,24)/t17-/m0/s1. The zero-order chi connectivity index (χ0) is 17.5. The number of nitrogens with one attached hydrogen (secondary N) is 1. The Morgan fingerprint density at radius 2 is 1.62 bits per heavy atom. The van der Waals surface area contributed by atoms with Crippen molar-refractivity contribution in [1.82, 2.24) is 10.4 Å². The average molecular weight is 336 g/mol. The van der Waals surface area contributed by atoms with Crippen LogP contribution in [0, 0.1) is 0 Å². The Hall–Kier alpha value is -2.08. The molecule has 24 heavy (non-hydrogen) atoms. The van der Waals surface area contributed by atoms with Crippen LogP contribution in [0.2, 0.25) is 0 Å². The molecule has 1 amide bonds. The van der Waals surface area contributed by atoms with Crippen molar-refractivity contribution in [3.05, 3.63) is 47.5 Å². The van der Waals surface area contributed by atoms with E-state index in [1.165, 1.54) is 6.07 Å². The summed E-state index contributed by atoms with van der Waals surface area (Å²) < 4.78 is 40.7. The van der Waals surface area contributed by atoms with Crippen LogP contribution in [0.5, 0.6) is 0 Å². The Kier molecular flexibility index (Phi) is 4.25. The van der Waals surface area contributed by atoms with Gasteiger partial charge in [-0.15, -0.1) is 0 Å². The van der Waals surface area contributed by atoms with E-state index in [1.807, 2.05) is 18.2 Å². The minimum Gasteiger partial charge on any atom is -0.288 e. The molecule has 1 fully saturated rings. The van der Waals surface area contributed by atoms with Crippen molar-refractivity contribution in [3.63, 3.8) is 0 Å². The molecule has 3 rings (SSSR count).